The zero-order chi connectivity index (χ0) is 25.0. The molecule has 0 amide bonds. The lowest BCUT2D eigenvalue weighted by molar-refractivity contribution is -0.383. The first-order chi connectivity index (χ1) is 16.8. The summed E-state index contributed by atoms with van der Waals surface area (Å²) in [4.78, 5) is 11.7. The van der Waals surface area contributed by atoms with Crippen molar-refractivity contribution in [3.63, 3.8) is 0 Å². The molecule has 4 aromatic carbocycles. The quantitative estimate of drug-likeness (QED) is 0.203. The molecule has 4 aromatic rings. The van der Waals surface area contributed by atoms with Crippen molar-refractivity contribution in [2.45, 2.75) is 12.8 Å². The van der Waals surface area contributed by atoms with Crippen LogP contribution in [0.15, 0.2) is 91.0 Å². The SMILES string of the molecule is COc1ccc(-c2cccc(-c3ccc(C(F)(F)F)cc3)c2[N+](=O)[O-])c(OCc2ccccc2)c1. The van der Waals surface area contributed by atoms with E-state index in [9.17, 15) is 23.3 Å². The Labute approximate surface area is 199 Å². The van der Waals surface area contributed by atoms with Crippen LogP contribution < -0.4 is 9.47 Å². The summed E-state index contributed by atoms with van der Waals surface area (Å²) in [6, 6.07) is 23.4. The zero-order valence-electron chi connectivity index (χ0n) is 18.6. The van der Waals surface area contributed by atoms with E-state index in [1.54, 1.807) is 30.3 Å². The first-order valence-corrected chi connectivity index (χ1v) is 10.6. The first-order valence-electron chi connectivity index (χ1n) is 10.6. The molecular formula is C27H20F3NO4. The predicted octanol–water partition coefficient (Wildman–Crippen LogP) is 7.54. The van der Waals surface area contributed by atoms with Crippen molar-refractivity contribution in [1.29, 1.82) is 0 Å². The van der Waals surface area contributed by atoms with Crippen molar-refractivity contribution in [2.24, 2.45) is 0 Å². The smallest absolute Gasteiger partial charge is 0.416 e. The van der Waals surface area contributed by atoms with Gasteiger partial charge in [-0.3, -0.25) is 10.1 Å². The molecule has 0 aliphatic carbocycles. The molecule has 0 saturated heterocycles. The van der Waals surface area contributed by atoms with Crippen molar-refractivity contribution in [2.75, 3.05) is 7.11 Å². The molecule has 0 bridgehead atoms. The number of benzene rings is 4. The summed E-state index contributed by atoms with van der Waals surface area (Å²) in [5, 5.41) is 12.2. The number of nitro groups is 1. The normalized spacial score (nSPS) is 11.2. The fraction of sp³-hybridized carbons (Fsp3) is 0.111. The highest BCUT2D eigenvalue weighted by atomic mass is 19.4. The minimum absolute atomic E-state index is 0.200. The molecule has 8 heteroatoms. The number of nitro benzene ring substituents is 1. The van der Waals surface area contributed by atoms with Gasteiger partial charge in [0.1, 0.15) is 18.1 Å². The summed E-state index contributed by atoms with van der Waals surface area (Å²) in [6.45, 7) is 0.230. The van der Waals surface area contributed by atoms with Crippen LogP contribution in [0.2, 0.25) is 0 Å². The fourth-order valence-electron chi connectivity index (χ4n) is 3.74. The maximum absolute atomic E-state index is 13.0. The second-order valence-corrected chi connectivity index (χ2v) is 7.67. The molecule has 178 valence electrons. The molecule has 0 aromatic heterocycles. The Morgan fingerprint density at radius 2 is 1.51 bits per heavy atom. The molecule has 0 fully saturated rings. The third kappa shape index (κ3) is 5.27. The van der Waals surface area contributed by atoms with Crippen molar-refractivity contribution in [1.82, 2.24) is 0 Å². The minimum atomic E-state index is -4.50. The average Bonchev–Trinajstić information content (AvgIpc) is 2.87. The third-order valence-electron chi connectivity index (χ3n) is 5.46. The number of alkyl halides is 3. The number of nitrogens with zero attached hydrogens (tertiary/aromatic N) is 1. The Morgan fingerprint density at radius 1 is 0.829 bits per heavy atom. The standard InChI is InChI=1S/C27H20F3NO4/c1-34-21-14-15-23(25(16-21)35-17-18-6-3-2-4-7-18)24-9-5-8-22(26(24)31(32)33)19-10-12-20(13-11-19)27(28,29)30/h2-16H,17H2,1H3. The van der Waals surface area contributed by atoms with Crippen LogP contribution in [0.1, 0.15) is 11.1 Å². The topological polar surface area (TPSA) is 61.6 Å². The average molecular weight is 479 g/mol. The number of hydrogen-bond donors (Lipinski definition) is 0. The van der Waals surface area contributed by atoms with Gasteiger partial charge in [-0.25, -0.2) is 0 Å². The van der Waals surface area contributed by atoms with E-state index < -0.39 is 16.7 Å². The van der Waals surface area contributed by atoms with Crippen molar-refractivity contribution >= 4 is 5.69 Å². The van der Waals surface area contributed by atoms with Gasteiger partial charge in [0.05, 0.1) is 28.7 Å². The molecule has 0 atom stereocenters. The highest BCUT2D eigenvalue weighted by Gasteiger charge is 2.30. The van der Waals surface area contributed by atoms with Crippen LogP contribution in [0.3, 0.4) is 0 Å². The van der Waals surface area contributed by atoms with E-state index in [1.807, 2.05) is 30.3 Å². The number of hydrogen-bond acceptors (Lipinski definition) is 4. The van der Waals surface area contributed by atoms with Crippen molar-refractivity contribution < 1.29 is 27.6 Å². The second kappa shape index (κ2) is 9.89. The summed E-state index contributed by atoms with van der Waals surface area (Å²) < 4.78 is 50.3. The number of halogens is 3. The largest absolute Gasteiger partial charge is 0.497 e. The van der Waals surface area contributed by atoms with E-state index in [0.717, 1.165) is 17.7 Å². The van der Waals surface area contributed by atoms with E-state index in [-0.39, 0.29) is 23.4 Å². The van der Waals surface area contributed by atoms with Gasteiger partial charge in [0.25, 0.3) is 5.69 Å². The predicted molar refractivity (Wildman–Crippen MR) is 126 cm³/mol. The van der Waals surface area contributed by atoms with Crippen LogP contribution in [0.4, 0.5) is 18.9 Å². The molecule has 0 radical (unpaired) electrons. The highest BCUT2D eigenvalue weighted by Crippen LogP contribution is 2.43. The molecule has 0 heterocycles. The Bertz CT molecular complexity index is 1340. The molecule has 5 nitrogen and oxygen atoms in total. The highest BCUT2D eigenvalue weighted by molar-refractivity contribution is 5.88. The third-order valence-corrected chi connectivity index (χ3v) is 5.46. The van der Waals surface area contributed by atoms with Gasteiger partial charge in [0.2, 0.25) is 0 Å². The summed E-state index contributed by atoms with van der Waals surface area (Å²) in [7, 11) is 1.50. The van der Waals surface area contributed by atoms with Gasteiger partial charge in [0, 0.05) is 11.6 Å². The summed E-state index contributed by atoms with van der Waals surface area (Å²) in [5.41, 5.74) is 1.08. The lowest BCUT2D eigenvalue weighted by atomic mass is 9.95. The van der Waals surface area contributed by atoms with Gasteiger partial charge in [-0.15, -0.1) is 0 Å². The lowest BCUT2D eigenvalue weighted by Gasteiger charge is -2.15. The number of ether oxygens (including phenoxy) is 2. The van der Waals surface area contributed by atoms with Gasteiger partial charge in [0.15, 0.2) is 0 Å². The van der Waals surface area contributed by atoms with Crippen molar-refractivity contribution in [3.8, 4) is 33.8 Å². The maximum Gasteiger partial charge on any atom is 0.416 e. The summed E-state index contributed by atoms with van der Waals surface area (Å²) in [6.07, 6.45) is -4.50. The maximum atomic E-state index is 13.0. The molecule has 0 aliphatic heterocycles. The van der Waals surface area contributed by atoms with Crippen LogP contribution in [0, 0.1) is 10.1 Å². The Morgan fingerprint density at radius 3 is 2.14 bits per heavy atom. The van der Waals surface area contributed by atoms with E-state index in [0.29, 0.717) is 22.6 Å². The molecule has 0 aliphatic rings. The van der Waals surface area contributed by atoms with Crippen LogP contribution in [0.25, 0.3) is 22.3 Å². The van der Waals surface area contributed by atoms with Gasteiger partial charge in [-0.2, -0.15) is 13.2 Å². The summed E-state index contributed by atoms with van der Waals surface area (Å²) in [5.74, 6) is 0.888. The molecule has 0 saturated carbocycles. The van der Waals surface area contributed by atoms with Crippen LogP contribution in [-0.4, -0.2) is 12.0 Å². The number of rotatable bonds is 7. The zero-order valence-corrected chi connectivity index (χ0v) is 18.6. The first kappa shape index (κ1) is 23.8. The van der Waals surface area contributed by atoms with Gasteiger partial charge in [-0.05, 0) is 47.5 Å². The van der Waals surface area contributed by atoms with Crippen LogP contribution >= 0.6 is 0 Å². The van der Waals surface area contributed by atoms with E-state index in [2.05, 4.69) is 0 Å². The van der Waals surface area contributed by atoms with E-state index in [4.69, 9.17) is 9.47 Å². The van der Waals surface area contributed by atoms with E-state index >= 15 is 0 Å². The number of methoxy groups -OCH3 is 1. The Balaban J connectivity index is 1.81. The van der Waals surface area contributed by atoms with Crippen molar-refractivity contribution in [3.05, 3.63) is 112 Å². The second-order valence-electron chi connectivity index (χ2n) is 7.67. The fourth-order valence-corrected chi connectivity index (χ4v) is 3.74. The molecule has 0 N–H and O–H groups in total. The van der Waals surface area contributed by atoms with Gasteiger partial charge >= 0.3 is 6.18 Å². The minimum Gasteiger partial charge on any atom is -0.497 e. The molecule has 35 heavy (non-hydrogen) atoms. The lowest BCUT2D eigenvalue weighted by Crippen LogP contribution is -2.04. The monoisotopic (exact) mass is 479 g/mol. The van der Waals surface area contributed by atoms with Gasteiger partial charge < -0.3 is 9.47 Å². The molecule has 0 spiro atoms. The molecule has 0 unspecified atom stereocenters. The van der Waals surface area contributed by atoms with Crippen LogP contribution in [0.5, 0.6) is 11.5 Å². The van der Waals surface area contributed by atoms with Gasteiger partial charge in [-0.1, -0.05) is 48.5 Å². The Kier molecular flexibility index (Phi) is 6.73. The van der Waals surface area contributed by atoms with Crippen LogP contribution in [-0.2, 0) is 12.8 Å². The molecular weight excluding hydrogens is 459 g/mol. The number of para-hydroxylation sites is 1. The molecule has 4 rings (SSSR count). The van der Waals surface area contributed by atoms with E-state index in [1.165, 1.54) is 25.3 Å². The summed E-state index contributed by atoms with van der Waals surface area (Å²) >= 11 is 0. The Hall–Kier alpha value is -4.33.